The maximum absolute atomic E-state index is 14.6. The van der Waals surface area contributed by atoms with Crippen molar-refractivity contribution in [3.05, 3.63) is 65.6 Å². The van der Waals surface area contributed by atoms with E-state index in [4.69, 9.17) is 9.47 Å². The zero-order valence-corrected chi connectivity index (χ0v) is 19.8. The number of nitrogens with one attached hydrogen (secondary N) is 1. The third-order valence-corrected chi connectivity index (χ3v) is 5.91. The number of nitrogens with zero attached hydrogens (tertiary/aromatic N) is 2. The van der Waals surface area contributed by atoms with E-state index in [2.05, 4.69) is 4.98 Å². The predicted molar refractivity (Wildman–Crippen MR) is 127 cm³/mol. The van der Waals surface area contributed by atoms with Gasteiger partial charge in [-0.05, 0) is 24.3 Å². The number of esters is 1. The predicted octanol–water partition coefficient (Wildman–Crippen LogP) is 3.37. The van der Waals surface area contributed by atoms with Gasteiger partial charge in [-0.2, -0.15) is 0 Å². The molecule has 2 amide bonds. The van der Waals surface area contributed by atoms with E-state index in [0.29, 0.717) is 43.0 Å². The van der Waals surface area contributed by atoms with E-state index in [9.17, 15) is 18.8 Å². The molecule has 9 heteroatoms. The largest absolute Gasteiger partial charge is 0.481 e. The zero-order valence-electron chi connectivity index (χ0n) is 19.8. The first-order valence-electron chi connectivity index (χ1n) is 11.6. The molecule has 1 aliphatic rings. The van der Waals surface area contributed by atoms with Crippen LogP contribution in [0.5, 0.6) is 5.75 Å². The van der Waals surface area contributed by atoms with Gasteiger partial charge < -0.3 is 24.3 Å². The molecule has 0 saturated carbocycles. The van der Waals surface area contributed by atoms with Gasteiger partial charge in [-0.1, -0.05) is 38.1 Å². The van der Waals surface area contributed by atoms with Crippen LogP contribution in [-0.4, -0.2) is 65.4 Å². The minimum atomic E-state index is -0.504. The van der Waals surface area contributed by atoms with Crippen LogP contribution in [0.2, 0.25) is 0 Å². The minimum Gasteiger partial charge on any atom is -0.481 e. The lowest BCUT2D eigenvalue weighted by atomic mass is 10.2. The fourth-order valence-electron chi connectivity index (χ4n) is 3.95. The van der Waals surface area contributed by atoms with E-state index >= 15 is 0 Å². The van der Waals surface area contributed by atoms with Crippen molar-refractivity contribution in [3.8, 4) is 5.75 Å². The van der Waals surface area contributed by atoms with Crippen LogP contribution >= 0.6 is 0 Å². The Labute approximate surface area is 202 Å². The molecule has 184 valence electrons. The molecule has 2 aromatic carbocycles. The summed E-state index contributed by atoms with van der Waals surface area (Å²) in [6, 6.07) is 13.6. The van der Waals surface area contributed by atoms with Crippen LogP contribution in [0, 0.1) is 11.7 Å². The summed E-state index contributed by atoms with van der Waals surface area (Å²) in [5, 5.41) is 0.203. The van der Waals surface area contributed by atoms with Gasteiger partial charge in [0, 0.05) is 31.7 Å². The molecular weight excluding hydrogens is 453 g/mol. The van der Waals surface area contributed by atoms with Gasteiger partial charge in [0.2, 0.25) is 0 Å². The smallest absolute Gasteiger partial charge is 0.308 e. The summed E-state index contributed by atoms with van der Waals surface area (Å²) in [5.74, 6) is -1.39. The lowest BCUT2D eigenvalue weighted by molar-refractivity contribution is -0.148. The number of carbonyl (C=O) groups is 3. The number of hydrogen-bond acceptors (Lipinski definition) is 5. The van der Waals surface area contributed by atoms with E-state index in [1.807, 2.05) is 18.2 Å². The fourth-order valence-corrected chi connectivity index (χ4v) is 3.95. The lowest BCUT2D eigenvalue weighted by Gasteiger charge is -2.34. The highest BCUT2D eigenvalue weighted by molar-refractivity contribution is 5.94. The Kier molecular flexibility index (Phi) is 7.33. The SMILES string of the molecule is CC(C)C(=O)OCc1[nH]c2cccc(F)c2c1OCC(=O)N1CCN(C(=O)c2ccccc2)CC1. The molecule has 1 N–H and O–H groups in total. The number of aromatic amines is 1. The van der Waals surface area contributed by atoms with Crippen molar-refractivity contribution in [2.45, 2.75) is 20.5 Å². The summed E-state index contributed by atoms with van der Waals surface area (Å²) >= 11 is 0. The van der Waals surface area contributed by atoms with Crippen molar-refractivity contribution in [2.75, 3.05) is 32.8 Å². The molecule has 0 spiro atoms. The van der Waals surface area contributed by atoms with Crippen LogP contribution in [0.1, 0.15) is 29.9 Å². The number of rotatable bonds is 7. The molecule has 0 radical (unpaired) electrons. The van der Waals surface area contributed by atoms with E-state index in [1.54, 1.807) is 47.9 Å². The molecule has 1 fully saturated rings. The van der Waals surface area contributed by atoms with Gasteiger partial charge in [0.25, 0.3) is 11.8 Å². The van der Waals surface area contributed by atoms with Crippen molar-refractivity contribution in [1.82, 2.24) is 14.8 Å². The summed E-state index contributed by atoms with van der Waals surface area (Å²) in [4.78, 5) is 43.7. The Hall–Kier alpha value is -3.88. The van der Waals surface area contributed by atoms with Gasteiger partial charge in [0.05, 0.1) is 22.5 Å². The molecule has 0 unspecified atom stereocenters. The molecule has 2 heterocycles. The number of piperazine rings is 1. The van der Waals surface area contributed by atoms with Crippen molar-refractivity contribution < 1.29 is 28.2 Å². The second-order valence-electron chi connectivity index (χ2n) is 8.69. The van der Waals surface area contributed by atoms with Crippen molar-refractivity contribution in [1.29, 1.82) is 0 Å². The molecule has 8 nitrogen and oxygen atoms in total. The van der Waals surface area contributed by atoms with Crippen LogP contribution < -0.4 is 4.74 Å². The van der Waals surface area contributed by atoms with Crippen LogP contribution in [0.25, 0.3) is 10.9 Å². The van der Waals surface area contributed by atoms with Crippen molar-refractivity contribution in [2.24, 2.45) is 5.92 Å². The molecule has 1 saturated heterocycles. The molecule has 1 aliphatic heterocycles. The highest BCUT2D eigenvalue weighted by Crippen LogP contribution is 2.33. The number of H-pyrrole nitrogens is 1. The second kappa shape index (κ2) is 10.6. The average Bonchev–Trinajstić information content (AvgIpc) is 3.24. The Morgan fingerprint density at radius 1 is 0.971 bits per heavy atom. The summed E-state index contributed by atoms with van der Waals surface area (Å²) in [7, 11) is 0. The Morgan fingerprint density at radius 3 is 2.34 bits per heavy atom. The van der Waals surface area contributed by atoms with Gasteiger partial charge >= 0.3 is 5.97 Å². The molecule has 0 atom stereocenters. The Morgan fingerprint density at radius 2 is 1.66 bits per heavy atom. The van der Waals surface area contributed by atoms with Gasteiger partial charge in [0.15, 0.2) is 12.4 Å². The van der Waals surface area contributed by atoms with Crippen molar-refractivity contribution in [3.63, 3.8) is 0 Å². The van der Waals surface area contributed by atoms with E-state index in [0.717, 1.165) is 0 Å². The molecule has 4 rings (SSSR count). The third kappa shape index (κ3) is 5.45. The molecule has 0 aliphatic carbocycles. The van der Waals surface area contributed by atoms with Gasteiger partial charge in [-0.25, -0.2) is 4.39 Å². The standard InChI is InChI=1S/C26H28FN3O5/c1-17(2)26(33)35-15-21-24(23-19(27)9-6-10-20(23)28-21)34-16-22(31)29-11-13-30(14-12-29)25(32)18-7-4-3-5-8-18/h3-10,17,28H,11-16H2,1-2H3. The molecule has 1 aromatic heterocycles. The summed E-state index contributed by atoms with van der Waals surface area (Å²) in [5.41, 5.74) is 1.48. The van der Waals surface area contributed by atoms with Crippen LogP contribution in [0.15, 0.2) is 48.5 Å². The second-order valence-corrected chi connectivity index (χ2v) is 8.69. The Balaban J connectivity index is 1.40. The zero-order chi connectivity index (χ0) is 24.9. The summed E-state index contributed by atoms with van der Waals surface area (Å²) in [6.07, 6.45) is 0. The Bertz CT molecular complexity index is 1220. The van der Waals surface area contributed by atoms with E-state index in [1.165, 1.54) is 6.07 Å². The average molecular weight is 482 g/mol. The van der Waals surface area contributed by atoms with Gasteiger partial charge in [-0.15, -0.1) is 0 Å². The van der Waals surface area contributed by atoms with Gasteiger partial charge in [-0.3, -0.25) is 14.4 Å². The van der Waals surface area contributed by atoms with E-state index < -0.39 is 11.8 Å². The molecular formula is C26H28FN3O5. The maximum Gasteiger partial charge on any atom is 0.308 e. The first-order chi connectivity index (χ1) is 16.8. The first kappa shape index (κ1) is 24.3. The number of hydrogen-bond donors (Lipinski definition) is 1. The van der Waals surface area contributed by atoms with Crippen LogP contribution in [0.4, 0.5) is 4.39 Å². The molecule has 35 heavy (non-hydrogen) atoms. The number of ether oxygens (including phenoxy) is 2. The number of carbonyl (C=O) groups excluding carboxylic acids is 3. The summed E-state index contributed by atoms with van der Waals surface area (Å²) < 4.78 is 25.7. The topological polar surface area (TPSA) is 91.9 Å². The monoisotopic (exact) mass is 481 g/mol. The number of aromatic nitrogens is 1. The van der Waals surface area contributed by atoms with Gasteiger partial charge in [0.1, 0.15) is 12.4 Å². The normalized spacial score (nSPS) is 13.8. The lowest BCUT2D eigenvalue weighted by Crippen LogP contribution is -2.51. The third-order valence-electron chi connectivity index (χ3n) is 5.91. The quantitative estimate of drug-likeness (QED) is 0.523. The number of benzene rings is 2. The molecule has 0 bridgehead atoms. The number of halogens is 1. The van der Waals surface area contributed by atoms with Crippen molar-refractivity contribution >= 4 is 28.7 Å². The van der Waals surface area contributed by atoms with Crippen LogP contribution in [-0.2, 0) is 20.9 Å². The fraction of sp³-hybridized carbons (Fsp3) is 0.346. The van der Waals surface area contributed by atoms with Crippen LogP contribution in [0.3, 0.4) is 0 Å². The highest BCUT2D eigenvalue weighted by atomic mass is 19.1. The maximum atomic E-state index is 14.6. The summed E-state index contributed by atoms with van der Waals surface area (Å²) in [6.45, 7) is 4.58. The highest BCUT2D eigenvalue weighted by Gasteiger charge is 2.26. The number of amides is 2. The van der Waals surface area contributed by atoms with E-state index in [-0.39, 0.29) is 42.1 Å². The minimum absolute atomic E-state index is 0.0659. The number of fused-ring (bicyclic) bond motifs is 1. The first-order valence-corrected chi connectivity index (χ1v) is 11.6. The molecule has 3 aromatic rings.